The van der Waals surface area contributed by atoms with Gasteiger partial charge in [-0.25, -0.2) is 4.39 Å². The Bertz CT molecular complexity index is 885. The summed E-state index contributed by atoms with van der Waals surface area (Å²) in [5.41, 5.74) is 1.70. The van der Waals surface area contributed by atoms with Crippen molar-refractivity contribution in [3.05, 3.63) is 72.1 Å². The van der Waals surface area contributed by atoms with Crippen LogP contribution < -0.4 is 0 Å². The molecule has 1 saturated carbocycles. The molecule has 1 fully saturated rings. The molecule has 0 unspecified atom stereocenters. The standard InChI is InChI=1S/C20H18FN3S/c21-18-11-5-4-10-17(18)19-22-23-20(24(19)16-12-13-16)25-14-6-9-15-7-2-1-3-8-15/h1-11,16H,12-14H2/b9-6+. The summed E-state index contributed by atoms with van der Waals surface area (Å²) in [5, 5.41) is 9.45. The first-order valence-electron chi connectivity index (χ1n) is 8.37. The zero-order chi connectivity index (χ0) is 17.1. The van der Waals surface area contributed by atoms with E-state index in [9.17, 15) is 4.39 Å². The highest BCUT2D eigenvalue weighted by atomic mass is 32.2. The summed E-state index contributed by atoms with van der Waals surface area (Å²) in [6.45, 7) is 0. The molecule has 0 bridgehead atoms. The molecule has 0 aliphatic heterocycles. The average Bonchev–Trinajstić information content (AvgIpc) is 3.40. The Labute approximate surface area is 150 Å². The molecule has 0 N–H and O–H groups in total. The molecule has 1 aromatic heterocycles. The van der Waals surface area contributed by atoms with Gasteiger partial charge in [-0.3, -0.25) is 4.57 Å². The number of benzene rings is 2. The molecular weight excluding hydrogens is 333 g/mol. The van der Waals surface area contributed by atoms with Crippen molar-refractivity contribution < 1.29 is 4.39 Å². The van der Waals surface area contributed by atoms with Crippen LogP contribution in [0.2, 0.25) is 0 Å². The molecule has 126 valence electrons. The van der Waals surface area contributed by atoms with Crippen LogP contribution in [0.3, 0.4) is 0 Å². The second-order valence-electron chi connectivity index (χ2n) is 6.01. The van der Waals surface area contributed by atoms with Gasteiger partial charge in [0.05, 0.1) is 5.56 Å². The van der Waals surface area contributed by atoms with Crippen LogP contribution in [0.25, 0.3) is 17.5 Å². The highest BCUT2D eigenvalue weighted by Gasteiger charge is 2.30. The molecule has 1 aliphatic carbocycles. The number of hydrogen-bond donors (Lipinski definition) is 0. The van der Waals surface area contributed by atoms with Gasteiger partial charge in [0.2, 0.25) is 0 Å². The monoisotopic (exact) mass is 351 g/mol. The number of thioether (sulfide) groups is 1. The molecule has 0 saturated heterocycles. The summed E-state index contributed by atoms with van der Waals surface area (Å²) in [5.74, 6) is 1.18. The number of nitrogens with zero attached hydrogens (tertiary/aromatic N) is 3. The van der Waals surface area contributed by atoms with Crippen LogP contribution in [0.5, 0.6) is 0 Å². The number of hydrogen-bond acceptors (Lipinski definition) is 3. The molecule has 4 rings (SSSR count). The molecule has 3 aromatic rings. The van der Waals surface area contributed by atoms with Gasteiger partial charge in [0, 0.05) is 11.8 Å². The van der Waals surface area contributed by atoms with Crippen LogP contribution in [-0.4, -0.2) is 20.5 Å². The van der Waals surface area contributed by atoms with Gasteiger partial charge in [0.25, 0.3) is 0 Å². The van der Waals surface area contributed by atoms with Crippen molar-refractivity contribution in [1.82, 2.24) is 14.8 Å². The first-order chi connectivity index (χ1) is 12.3. The van der Waals surface area contributed by atoms with E-state index in [4.69, 9.17) is 0 Å². The Morgan fingerprint density at radius 1 is 1.04 bits per heavy atom. The van der Waals surface area contributed by atoms with Gasteiger partial charge in [-0.1, -0.05) is 66.4 Å². The lowest BCUT2D eigenvalue weighted by Crippen LogP contribution is -2.01. The van der Waals surface area contributed by atoms with E-state index in [1.807, 2.05) is 24.3 Å². The summed E-state index contributed by atoms with van der Waals surface area (Å²) < 4.78 is 16.2. The summed E-state index contributed by atoms with van der Waals surface area (Å²) in [7, 11) is 0. The zero-order valence-electron chi connectivity index (χ0n) is 13.7. The van der Waals surface area contributed by atoms with E-state index in [2.05, 4.69) is 39.0 Å². The van der Waals surface area contributed by atoms with Crippen molar-refractivity contribution >= 4 is 17.8 Å². The molecular formula is C20H18FN3S. The largest absolute Gasteiger partial charge is 0.299 e. The van der Waals surface area contributed by atoms with Gasteiger partial charge < -0.3 is 0 Å². The predicted molar refractivity (Wildman–Crippen MR) is 99.9 cm³/mol. The van der Waals surface area contributed by atoms with E-state index < -0.39 is 0 Å². The Balaban J connectivity index is 1.53. The Hall–Kier alpha value is -2.40. The fourth-order valence-corrected chi connectivity index (χ4v) is 3.55. The number of halogens is 1. The van der Waals surface area contributed by atoms with Crippen molar-refractivity contribution in [1.29, 1.82) is 0 Å². The average molecular weight is 351 g/mol. The number of aromatic nitrogens is 3. The first kappa shape index (κ1) is 16.1. The van der Waals surface area contributed by atoms with Crippen molar-refractivity contribution in [3.63, 3.8) is 0 Å². The van der Waals surface area contributed by atoms with E-state index in [0.29, 0.717) is 17.4 Å². The van der Waals surface area contributed by atoms with E-state index in [1.165, 1.54) is 11.6 Å². The van der Waals surface area contributed by atoms with E-state index >= 15 is 0 Å². The smallest absolute Gasteiger partial charge is 0.192 e. The van der Waals surface area contributed by atoms with Crippen LogP contribution in [0.1, 0.15) is 24.4 Å². The third-order valence-corrected chi connectivity index (χ3v) is 5.01. The second-order valence-corrected chi connectivity index (χ2v) is 7.00. The lowest BCUT2D eigenvalue weighted by Gasteiger charge is -2.08. The van der Waals surface area contributed by atoms with Crippen molar-refractivity contribution in [3.8, 4) is 11.4 Å². The van der Waals surface area contributed by atoms with E-state index in [0.717, 1.165) is 23.8 Å². The molecule has 0 amide bonds. The minimum absolute atomic E-state index is 0.252. The van der Waals surface area contributed by atoms with Crippen LogP contribution in [0.15, 0.2) is 65.8 Å². The molecule has 2 aromatic carbocycles. The van der Waals surface area contributed by atoms with Gasteiger partial charge in [0.1, 0.15) is 5.82 Å². The first-order valence-corrected chi connectivity index (χ1v) is 9.35. The van der Waals surface area contributed by atoms with Crippen molar-refractivity contribution in [2.24, 2.45) is 0 Å². The molecule has 1 aliphatic rings. The minimum Gasteiger partial charge on any atom is -0.299 e. The van der Waals surface area contributed by atoms with Gasteiger partial charge in [-0.05, 0) is 30.5 Å². The highest BCUT2D eigenvalue weighted by molar-refractivity contribution is 7.99. The van der Waals surface area contributed by atoms with E-state index in [-0.39, 0.29) is 5.82 Å². The summed E-state index contributed by atoms with van der Waals surface area (Å²) >= 11 is 1.64. The topological polar surface area (TPSA) is 30.7 Å². The summed E-state index contributed by atoms with van der Waals surface area (Å²) in [4.78, 5) is 0. The maximum atomic E-state index is 14.1. The zero-order valence-corrected chi connectivity index (χ0v) is 14.5. The highest BCUT2D eigenvalue weighted by Crippen LogP contribution is 2.41. The molecule has 3 nitrogen and oxygen atoms in total. The SMILES string of the molecule is Fc1ccccc1-c1nnc(SC/C=C/c2ccccc2)n1C1CC1. The molecule has 5 heteroatoms. The lowest BCUT2D eigenvalue weighted by atomic mass is 10.2. The minimum atomic E-state index is -0.252. The predicted octanol–water partition coefficient (Wildman–Crippen LogP) is 5.22. The van der Waals surface area contributed by atoms with Crippen molar-refractivity contribution in [2.45, 2.75) is 24.0 Å². The third-order valence-electron chi connectivity index (χ3n) is 4.11. The van der Waals surface area contributed by atoms with Gasteiger partial charge in [-0.15, -0.1) is 10.2 Å². The molecule has 0 atom stereocenters. The molecule has 1 heterocycles. The third kappa shape index (κ3) is 3.66. The number of rotatable bonds is 6. The Morgan fingerprint density at radius 2 is 1.80 bits per heavy atom. The quantitative estimate of drug-likeness (QED) is 0.570. The van der Waals surface area contributed by atoms with Crippen molar-refractivity contribution in [2.75, 3.05) is 5.75 Å². The molecule has 0 spiro atoms. The van der Waals surface area contributed by atoms with Crippen LogP contribution >= 0.6 is 11.8 Å². The maximum absolute atomic E-state index is 14.1. The van der Waals surface area contributed by atoms with Crippen LogP contribution in [-0.2, 0) is 0 Å². The van der Waals surface area contributed by atoms with Crippen LogP contribution in [0, 0.1) is 5.82 Å². The molecule has 0 radical (unpaired) electrons. The molecule has 25 heavy (non-hydrogen) atoms. The lowest BCUT2D eigenvalue weighted by molar-refractivity contribution is 0.622. The van der Waals surface area contributed by atoms with Gasteiger partial charge in [-0.2, -0.15) is 0 Å². The second kappa shape index (κ2) is 7.23. The maximum Gasteiger partial charge on any atom is 0.192 e. The fraction of sp³-hybridized carbons (Fsp3) is 0.200. The Kier molecular flexibility index (Phi) is 4.65. The van der Waals surface area contributed by atoms with E-state index in [1.54, 1.807) is 23.9 Å². The fourth-order valence-electron chi connectivity index (χ4n) is 2.73. The van der Waals surface area contributed by atoms with Crippen LogP contribution in [0.4, 0.5) is 4.39 Å². The summed E-state index contributed by atoms with van der Waals surface area (Å²) in [6, 6.07) is 17.4. The van der Waals surface area contributed by atoms with Gasteiger partial charge >= 0.3 is 0 Å². The normalized spacial score (nSPS) is 14.3. The van der Waals surface area contributed by atoms with Gasteiger partial charge in [0.15, 0.2) is 11.0 Å². The Morgan fingerprint density at radius 3 is 2.56 bits per heavy atom. The summed E-state index contributed by atoms with van der Waals surface area (Å²) in [6.07, 6.45) is 6.43.